The molecule has 1 aromatic rings. The highest BCUT2D eigenvalue weighted by Crippen LogP contribution is 2.64. The molecule has 3 fully saturated rings. The van der Waals surface area contributed by atoms with Gasteiger partial charge in [-0.3, -0.25) is 0 Å². The average Bonchev–Trinajstić information content (AvgIpc) is 3.14. The van der Waals surface area contributed by atoms with Crippen LogP contribution in [0.15, 0.2) is 30.3 Å². The number of rotatable bonds is 3. The summed E-state index contributed by atoms with van der Waals surface area (Å²) in [6, 6.07) is 11.6. The summed E-state index contributed by atoms with van der Waals surface area (Å²) < 4.78 is 0. The molecule has 0 aromatic heterocycles. The molecule has 27 heavy (non-hydrogen) atoms. The first-order chi connectivity index (χ1) is 12.7. The number of fused-ring (bicyclic) bond motifs is 2. The average molecular weight is 384 g/mol. The van der Waals surface area contributed by atoms with Gasteiger partial charge in [0.05, 0.1) is 0 Å². The lowest BCUT2D eigenvalue weighted by molar-refractivity contribution is 0.121. The topological polar surface area (TPSA) is 12.0 Å². The van der Waals surface area contributed by atoms with Gasteiger partial charge >= 0.3 is 0 Å². The van der Waals surface area contributed by atoms with Gasteiger partial charge in [0.25, 0.3) is 0 Å². The second kappa shape index (κ2) is 7.02. The Labute approximate surface area is 168 Å². The Hall–Kier alpha value is -0.603. The first-order valence-corrected chi connectivity index (χ1v) is 14.6. The van der Waals surface area contributed by atoms with Crippen LogP contribution in [0.3, 0.4) is 0 Å². The Morgan fingerprint density at radius 3 is 2.30 bits per heavy atom. The minimum atomic E-state index is -1.50. The van der Waals surface area contributed by atoms with Crippen molar-refractivity contribution in [2.75, 3.05) is 0 Å². The minimum absolute atomic E-state index is 0.233. The van der Waals surface area contributed by atoms with Gasteiger partial charge in [-0.15, -0.1) is 0 Å². The minimum Gasteiger partial charge on any atom is -0.332 e. The SMILES string of the molecule is CC1CC2C(CC3CCCC3C2c2ccccc2)C1[Si](C)(C)NC(C)(C)C. The van der Waals surface area contributed by atoms with Crippen LogP contribution in [0.1, 0.15) is 71.3 Å². The van der Waals surface area contributed by atoms with E-state index in [1.165, 1.54) is 32.1 Å². The van der Waals surface area contributed by atoms with Crippen molar-refractivity contribution < 1.29 is 0 Å². The Bertz CT molecular complexity index is 646. The Balaban J connectivity index is 1.68. The molecule has 0 spiro atoms. The standard InChI is InChI=1S/C25H41NSi/c1-17-15-21-22(24(17)27(5,6)26-25(2,3)4)16-19-13-10-14-20(19)23(21)18-11-8-7-9-12-18/h7-9,11-12,17,19-24,26H,10,13-16H2,1-6H3. The second-order valence-electron chi connectivity index (χ2n) is 11.7. The molecule has 4 rings (SSSR count). The van der Waals surface area contributed by atoms with Gasteiger partial charge in [-0.25, -0.2) is 0 Å². The van der Waals surface area contributed by atoms with E-state index in [0.717, 1.165) is 41.0 Å². The molecule has 7 atom stereocenters. The van der Waals surface area contributed by atoms with Crippen molar-refractivity contribution in [1.82, 2.24) is 4.98 Å². The summed E-state index contributed by atoms with van der Waals surface area (Å²) in [6.07, 6.45) is 7.43. The summed E-state index contributed by atoms with van der Waals surface area (Å²) in [5.74, 6) is 5.51. The molecule has 1 N–H and O–H groups in total. The van der Waals surface area contributed by atoms with E-state index in [-0.39, 0.29) is 5.54 Å². The molecule has 0 aliphatic heterocycles. The molecule has 1 aromatic carbocycles. The molecule has 3 saturated carbocycles. The molecule has 7 unspecified atom stereocenters. The largest absolute Gasteiger partial charge is 0.332 e. The van der Waals surface area contributed by atoms with Crippen LogP contribution in [-0.2, 0) is 0 Å². The monoisotopic (exact) mass is 383 g/mol. The molecular formula is C25H41NSi. The fourth-order valence-corrected chi connectivity index (χ4v) is 13.2. The fraction of sp³-hybridized carbons (Fsp3) is 0.760. The van der Waals surface area contributed by atoms with Crippen molar-refractivity contribution in [2.45, 2.75) is 89.9 Å². The van der Waals surface area contributed by atoms with E-state index in [9.17, 15) is 0 Å². The molecule has 3 aliphatic rings. The van der Waals surface area contributed by atoms with Crippen LogP contribution in [0.5, 0.6) is 0 Å². The highest BCUT2D eigenvalue weighted by molar-refractivity contribution is 6.76. The van der Waals surface area contributed by atoms with Crippen LogP contribution >= 0.6 is 0 Å². The number of hydrogen-bond donors (Lipinski definition) is 1. The van der Waals surface area contributed by atoms with E-state index in [0.29, 0.717) is 0 Å². The summed E-state index contributed by atoms with van der Waals surface area (Å²) >= 11 is 0. The zero-order valence-electron chi connectivity index (χ0n) is 18.5. The van der Waals surface area contributed by atoms with Crippen molar-refractivity contribution in [2.24, 2.45) is 29.6 Å². The maximum Gasteiger partial charge on any atom is 0.123 e. The van der Waals surface area contributed by atoms with Gasteiger partial charge in [0.2, 0.25) is 0 Å². The maximum atomic E-state index is 4.15. The molecule has 1 nitrogen and oxygen atoms in total. The second-order valence-corrected chi connectivity index (χ2v) is 16.1. The van der Waals surface area contributed by atoms with Gasteiger partial charge in [0.15, 0.2) is 0 Å². The lowest BCUT2D eigenvalue weighted by Gasteiger charge is -2.48. The summed E-state index contributed by atoms with van der Waals surface area (Å²) in [4.78, 5) is 4.15. The molecule has 150 valence electrons. The third-order valence-electron chi connectivity index (χ3n) is 8.20. The van der Waals surface area contributed by atoms with Crippen molar-refractivity contribution in [3.05, 3.63) is 35.9 Å². The van der Waals surface area contributed by atoms with Gasteiger partial charge in [-0.1, -0.05) is 63.2 Å². The predicted molar refractivity (Wildman–Crippen MR) is 120 cm³/mol. The molecule has 0 amide bonds. The van der Waals surface area contributed by atoms with Crippen LogP contribution in [0, 0.1) is 29.6 Å². The lowest BCUT2D eigenvalue weighted by atomic mass is 9.62. The fourth-order valence-electron chi connectivity index (χ4n) is 8.14. The van der Waals surface area contributed by atoms with E-state index in [4.69, 9.17) is 0 Å². The maximum absolute atomic E-state index is 4.15. The van der Waals surface area contributed by atoms with Crippen molar-refractivity contribution in [3.63, 3.8) is 0 Å². The Morgan fingerprint density at radius 2 is 1.63 bits per heavy atom. The molecule has 0 bridgehead atoms. The third-order valence-corrected chi connectivity index (χ3v) is 12.3. The van der Waals surface area contributed by atoms with Gasteiger partial charge in [-0.05, 0) is 86.6 Å². The number of nitrogens with one attached hydrogen (secondary N) is 1. The molecular weight excluding hydrogens is 342 g/mol. The van der Waals surface area contributed by atoms with Gasteiger partial charge in [-0.2, -0.15) is 0 Å². The van der Waals surface area contributed by atoms with Crippen LogP contribution < -0.4 is 4.98 Å². The lowest BCUT2D eigenvalue weighted by Crippen LogP contribution is -2.59. The van der Waals surface area contributed by atoms with E-state index >= 15 is 0 Å². The number of benzene rings is 1. The van der Waals surface area contributed by atoms with E-state index in [1.54, 1.807) is 5.56 Å². The van der Waals surface area contributed by atoms with Crippen molar-refractivity contribution in [1.29, 1.82) is 0 Å². The van der Waals surface area contributed by atoms with Gasteiger partial charge in [0.1, 0.15) is 8.24 Å². The summed E-state index contributed by atoms with van der Waals surface area (Å²) in [6.45, 7) is 14.9. The molecule has 3 aliphatic carbocycles. The van der Waals surface area contributed by atoms with Gasteiger partial charge in [0, 0.05) is 5.54 Å². The van der Waals surface area contributed by atoms with Crippen LogP contribution in [0.25, 0.3) is 0 Å². The van der Waals surface area contributed by atoms with Gasteiger partial charge < -0.3 is 4.98 Å². The van der Waals surface area contributed by atoms with Crippen LogP contribution in [0.2, 0.25) is 18.6 Å². The predicted octanol–water partition coefficient (Wildman–Crippen LogP) is 6.83. The van der Waals surface area contributed by atoms with E-state index in [2.05, 4.69) is 76.1 Å². The summed E-state index contributed by atoms with van der Waals surface area (Å²) in [7, 11) is -1.50. The van der Waals surface area contributed by atoms with Crippen molar-refractivity contribution >= 4 is 8.24 Å². The van der Waals surface area contributed by atoms with Crippen molar-refractivity contribution in [3.8, 4) is 0 Å². The first kappa shape index (κ1) is 19.7. The Morgan fingerprint density at radius 1 is 0.926 bits per heavy atom. The molecule has 0 radical (unpaired) electrons. The quantitative estimate of drug-likeness (QED) is 0.564. The first-order valence-electron chi connectivity index (χ1n) is 11.5. The van der Waals surface area contributed by atoms with E-state index in [1.807, 2.05) is 0 Å². The highest BCUT2D eigenvalue weighted by atomic mass is 28.3. The summed E-state index contributed by atoms with van der Waals surface area (Å²) in [5, 5.41) is 0. The van der Waals surface area contributed by atoms with Crippen LogP contribution in [0.4, 0.5) is 0 Å². The third kappa shape index (κ3) is 3.69. The number of hydrogen-bond acceptors (Lipinski definition) is 1. The zero-order valence-corrected chi connectivity index (χ0v) is 19.5. The molecule has 0 heterocycles. The summed E-state index contributed by atoms with van der Waals surface area (Å²) in [5.41, 5.74) is 2.81. The highest BCUT2D eigenvalue weighted by Gasteiger charge is 2.57. The normalized spacial score (nSPS) is 39.3. The van der Waals surface area contributed by atoms with E-state index < -0.39 is 8.24 Å². The Kier molecular flexibility index (Phi) is 5.12. The zero-order chi connectivity index (χ0) is 19.4. The van der Waals surface area contributed by atoms with Crippen LogP contribution in [-0.4, -0.2) is 13.8 Å². The molecule has 0 saturated heterocycles. The smallest absolute Gasteiger partial charge is 0.123 e. The molecule has 2 heteroatoms.